The van der Waals surface area contributed by atoms with E-state index in [1.807, 2.05) is 0 Å². The van der Waals surface area contributed by atoms with E-state index in [9.17, 15) is 9.18 Å². The van der Waals surface area contributed by atoms with Crippen molar-refractivity contribution < 1.29 is 9.18 Å². The molecule has 1 amide bonds. The van der Waals surface area contributed by atoms with Crippen LogP contribution in [0.25, 0.3) is 0 Å². The Hall–Kier alpha value is -1.42. The summed E-state index contributed by atoms with van der Waals surface area (Å²) in [6.45, 7) is 0.587. The molecule has 0 saturated heterocycles. The summed E-state index contributed by atoms with van der Waals surface area (Å²) >= 11 is 0. The van der Waals surface area contributed by atoms with Crippen LogP contribution in [0.2, 0.25) is 0 Å². The molecule has 3 N–H and O–H groups in total. The molecule has 0 spiro atoms. The van der Waals surface area contributed by atoms with Crippen LogP contribution in [0.15, 0.2) is 18.2 Å². The Bertz CT molecular complexity index is 532. The van der Waals surface area contributed by atoms with Gasteiger partial charge in [0.05, 0.1) is 0 Å². The Labute approximate surface area is 125 Å². The molecule has 114 valence electrons. The molecule has 3 atom stereocenters. The zero-order chi connectivity index (χ0) is 14.8. The highest BCUT2D eigenvalue weighted by Crippen LogP contribution is 2.49. The van der Waals surface area contributed by atoms with Crippen LogP contribution in [-0.4, -0.2) is 5.91 Å². The molecule has 2 aliphatic rings. The van der Waals surface area contributed by atoms with Gasteiger partial charge in [-0.25, -0.2) is 4.39 Å². The Morgan fingerprint density at radius 1 is 1.33 bits per heavy atom. The molecule has 3 rings (SSSR count). The second kappa shape index (κ2) is 6.14. The molecule has 2 saturated carbocycles. The first-order valence-electron chi connectivity index (χ1n) is 7.89. The average molecular weight is 290 g/mol. The first-order valence-corrected chi connectivity index (χ1v) is 7.89. The third-order valence-corrected chi connectivity index (χ3v) is 5.16. The summed E-state index contributed by atoms with van der Waals surface area (Å²) in [6, 6.07) is 4.95. The van der Waals surface area contributed by atoms with Gasteiger partial charge in [0.2, 0.25) is 5.91 Å². The van der Waals surface area contributed by atoms with Crippen molar-refractivity contribution >= 4 is 5.91 Å². The van der Waals surface area contributed by atoms with Crippen LogP contribution in [-0.2, 0) is 17.9 Å². The van der Waals surface area contributed by atoms with E-state index in [1.165, 1.54) is 31.7 Å². The van der Waals surface area contributed by atoms with Crippen LogP contribution in [0.3, 0.4) is 0 Å². The van der Waals surface area contributed by atoms with Crippen LogP contribution in [0.5, 0.6) is 0 Å². The van der Waals surface area contributed by atoms with Crippen molar-refractivity contribution in [2.75, 3.05) is 0 Å². The predicted octanol–water partition coefficient (Wildman–Crippen LogP) is 2.73. The highest BCUT2D eigenvalue weighted by molar-refractivity contribution is 5.76. The molecule has 21 heavy (non-hydrogen) atoms. The fourth-order valence-corrected chi connectivity index (χ4v) is 3.99. The lowest BCUT2D eigenvalue weighted by atomic mass is 9.86. The van der Waals surface area contributed by atoms with Gasteiger partial charge in [0, 0.05) is 25.1 Å². The summed E-state index contributed by atoms with van der Waals surface area (Å²) in [5.74, 6) is 1.91. The first kappa shape index (κ1) is 14.5. The third kappa shape index (κ3) is 3.26. The fourth-order valence-electron chi connectivity index (χ4n) is 3.99. The van der Waals surface area contributed by atoms with Crippen molar-refractivity contribution in [3.8, 4) is 0 Å². The van der Waals surface area contributed by atoms with Gasteiger partial charge in [0.1, 0.15) is 5.82 Å². The topological polar surface area (TPSA) is 55.1 Å². The van der Waals surface area contributed by atoms with Gasteiger partial charge in [-0.3, -0.25) is 4.79 Å². The fraction of sp³-hybridized carbons (Fsp3) is 0.588. The highest BCUT2D eigenvalue weighted by Gasteiger charge is 2.39. The number of halogens is 1. The second-order valence-corrected chi connectivity index (χ2v) is 6.55. The van der Waals surface area contributed by atoms with E-state index in [0.717, 1.165) is 17.4 Å². The standard InChI is InChI=1S/C17H23FN2O/c18-16-7-12(9-19)2-4-14(16)10-20-17(21)8-15-6-11-1-3-13(15)5-11/h2,4,7,11,13,15H,1,3,5-6,8-10,19H2,(H,20,21). The number of amides is 1. The van der Waals surface area contributed by atoms with Gasteiger partial charge >= 0.3 is 0 Å². The zero-order valence-electron chi connectivity index (χ0n) is 12.3. The third-order valence-electron chi connectivity index (χ3n) is 5.16. The summed E-state index contributed by atoms with van der Waals surface area (Å²) in [7, 11) is 0. The molecule has 0 aliphatic heterocycles. The number of rotatable bonds is 5. The van der Waals surface area contributed by atoms with Crippen LogP contribution >= 0.6 is 0 Å². The van der Waals surface area contributed by atoms with Gasteiger partial charge in [-0.2, -0.15) is 0 Å². The summed E-state index contributed by atoms with van der Waals surface area (Å²) < 4.78 is 13.8. The number of hydrogen-bond donors (Lipinski definition) is 2. The summed E-state index contributed by atoms with van der Waals surface area (Å²) in [5.41, 5.74) is 6.77. The molecule has 4 heteroatoms. The molecule has 0 heterocycles. The minimum Gasteiger partial charge on any atom is -0.352 e. The van der Waals surface area contributed by atoms with Gasteiger partial charge in [0.15, 0.2) is 0 Å². The van der Waals surface area contributed by atoms with E-state index >= 15 is 0 Å². The number of hydrogen-bond acceptors (Lipinski definition) is 2. The van der Waals surface area contributed by atoms with Crippen molar-refractivity contribution in [2.45, 2.75) is 45.2 Å². The Kier molecular flexibility index (Phi) is 4.24. The predicted molar refractivity (Wildman–Crippen MR) is 79.7 cm³/mol. The second-order valence-electron chi connectivity index (χ2n) is 6.55. The van der Waals surface area contributed by atoms with Gasteiger partial charge in [-0.1, -0.05) is 18.6 Å². The molecule has 2 aliphatic carbocycles. The maximum Gasteiger partial charge on any atom is 0.220 e. The van der Waals surface area contributed by atoms with Gasteiger partial charge in [-0.05, 0) is 48.6 Å². The zero-order valence-corrected chi connectivity index (χ0v) is 12.3. The molecule has 2 fully saturated rings. The van der Waals surface area contributed by atoms with Gasteiger partial charge in [-0.15, -0.1) is 0 Å². The Balaban J connectivity index is 1.49. The van der Waals surface area contributed by atoms with Crippen LogP contribution in [0.4, 0.5) is 4.39 Å². The lowest BCUT2D eigenvalue weighted by molar-refractivity contribution is -0.122. The van der Waals surface area contributed by atoms with Crippen LogP contribution in [0.1, 0.15) is 43.2 Å². The van der Waals surface area contributed by atoms with Crippen molar-refractivity contribution in [2.24, 2.45) is 23.5 Å². The summed E-state index contributed by atoms with van der Waals surface area (Å²) in [4.78, 5) is 12.0. The SMILES string of the molecule is NCc1ccc(CNC(=O)CC2CC3CCC2C3)c(F)c1. The molecule has 1 aromatic carbocycles. The monoisotopic (exact) mass is 290 g/mol. The lowest BCUT2D eigenvalue weighted by Crippen LogP contribution is -2.27. The first-order chi connectivity index (χ1) is 10.2. The lowest BCUT2D eigenvalue weighted by Gasteiger charge is -2.20. The van der Waals surface area contributed by atoms with Gasteiger partial charge in [0.25, 0.3) is 0 Å². The number of carbonyl (C=O) groups excluding carboxylic acids is 1. The number of carbonyl (C=O) groups is 1. The van der Waals surface area contributed by atoms with Crippen molar-refractivity contribution in [1.82, 2.24) is 5.32 Å². The molecule has 3 nitrogen and oxygen atoms in total. The number of benzene rings is 1. The normalized spacial score (nSPS) is 27.0. The van der Waals surface area contributed by atoms with E-state index in [2.05, 4.69) is 5.32 Å². The maximum absolute atomic E-state index is 13.8. The smallest absolute Gasteiger partial charge is 0.220 e. The molecular weight excluding hydrogens is 267 g/mol. The molecule has 1 aromatic rings. The largest absolute Gasteiger partial charge is 0.352 e. The Morgan fingerprint density at radius 3 is 2.81 bits per heavy atom. The summed E-state index contributed by atoms with van der Waals surface area (Å²) in [6.07, 6.45) is 5.76. The van der Waals surface area contributed by atoms with Gasteiger partial charge < -0.3 is 11.1 Å². The van der Waals surface area contributed by atoms with E-state index in [0.29, 0.717) is 24.4 Å². The Morgan fingerprint density at radius 2 is 2.19 bits per heavy atom. The quantitative estimate of drug-likeness (QED) is 0.876. The molecule has 0 radical (unpaired) electrons. The number of nitrogens with one attached hydrogen (secondary N) is 1. The van der Waals surface area contributed by atoms with Crippen molar-refractivity contribution in [1.29, 1.82) is 0 Å². The van der Waals surface area contributed by atoms with E-state index in [1.54, 1.807) is 12.1 Å². The molecular formula is C17H23FN2O. The minimum atomic E-state index is -0.293. The van der Waals surface area contributed by atoms with E-state index in [-0.39, 0.29) is 18.3 Å². The molecule has 3 unspecified atom stereocenters. The van der Waals surface area contributed by atoms with E-state index in [4.69, 9.17) is 5.73 Å². The number of nitrogens with two attached hydrogens (primary N) is 1. The highest BCUT2D eigenvalue weighted by atomic mass is 19.1. The van der Waals surface area contributed by atoms with Crippen LogP contribution in [0, 0.1) is 23.6 Å². The minimum absolute atomic E-state index is 0.0508. The summed E-state index contributed by atoms with van der Waals surface area (Å²) in [5, 5.41) is 2.85. The number of fused-ring (bicyclic) bond motifs is 2. The maximum atomic E-state index is 13.8. The van der Waals surface area contributed by atoms with Crippen molar-refractivity contribution in [3.63, 3.8) is 0 Å². The van der Waals surface area contributed by atoms with Crippen LogP contribution < -0.4 is 11.1 Å². The molecule has 0 aromatic heterocycles. The molecule has 2 bridgehead atoms. The van der Waals surface area contributed by atoms with Crippen molar-refractivity contribution in [3.05, 3.63) is 35.1 Å². The average Bonchev–Trinajstić information content (AvgIpc) is 3.08. The van der Waals surface area contributed by atoms with E-state index < -0.39 is 0 Å².